The summed E-state index contributed by atoms with van der Waals surface area (Å²) < 4.78 is 3.43. The number of nitrogen functional groups attached to an aromatic ring is 1. The summed E-state index contributed by atoms with van der Waals surface area (Å²) in [6.07, 6.45) is 1.87. The van der Waals surface area contributed by atoms with Crippen molar-refractivity contribution in [3.63, 3.8) is 0 Å². The van der Waals surface area contributed by atoms with Crippen LogP contribution in [-0.4, -0.2) is 25.4 Å². The van der Waals surface area contributed by atoms with Gasteiger partial charge in [-0.3, -0.25) is 10.1 Å². The molecular formula is C12H18N6. The summed E-state index contributed by atoms with van der Waals surface area (Å²) in [7, 11) is 1.82. The molecule has 0 bridgehead atoms. The molecule has 2 aromatic rings. The number of nitrogens with two attached hydrogens (primary N) is 1. The van der Waals surface area contributed by atoms with Crippen LogP contribution in [0.15, 0.2) is 12.3 Å². The molecule has 0 aliphatic carbocycles. The summed E-state index contributed by atoms with van der Waals surface area (Å²) in [5.74, 6) is 1.10. The number of rotatable bonds is 3. The maximum Gasteiger partial charge on any atom is 0.162 e. The van der Waals surface area contributed by atoms with Crippen LogP contribution in [0.3, 0.4) is 0 Å². The van der Waals surface area contributed by atoms with Gasteiger partial charge in [0.15, 0.2) is 5.82 Å². The Morgan fingerprint density at radius 1 is 1.39 bits per heavy atom. The third kappa shape index (κ3) is 1.90. The molecule has 2 heterocycles. The number of aromatic nitrogens is 4. The maximum atomic E-state index is 7.65. The van der Waals surface area contributed by atoms with Crippen molar-refractivity contribution in [2.45, 2.75) is 26.7 Å². The van der Waals surface area contributed by atoms with Crippen LogP contribution in [0.25, 0.3) is 5.82 Å². The Kier molecular flexibility index (Phi) is 2.94. The minimum atomic E-state index is 0.0113. The van der Waals surface area contributed by atoms with Gasteiger partial charge >= 0.3 is 0 Å². The van der Waals surface area contributed by atoms with E-state index in [1.807, 2.05) is 26.2 Å². The molecule has 0 saturated carbocycles. The molecule has 0 amide bonds. The zero-order valence-corrected chi connectivity index (χ0v) is 11.1. The molecule has 0 aliphatic heterocycles. The molecule has 2 rings (SSSR count). The lowest BCUT2D eigenvalue weighted by Crippen LogP contribution is -2.16. The number of aryl methyl sites for hydroxylation is 2. The van der Waals surface area contributed by atoms with Crippen molar-refractivity contribution in [3.8, 4) is 5.82 Å². The smallest absolute Gasteiger partial charge is 0.162 e. The highest BCUT2D eigenvalue weighted by Crippen LogP contribution is 2.19. The normalized spacial score (nSPS) is 11.2. The fourth-order valence-electron chi connectivity index (χ4n) is 1.99. The van der Waals surface area contributed by atoms with Crippen LogP contribution in [0, 0.1) is 12.3 Å². The van der Waals surface area contributed by atoms with Crippen molar-refractivity contribution in [2.75, 3.05) is 0 Å². The van der Waals surface area contributed by atoms with Crippen LogP contribution in [-0.2, 0) is 7.05 Å². The molecule has 0 aromatic carbocycles. The monoisotopic (exact) mass is 246 g/mol. The Labute approximate surface area is 106 Å². The summed E-state index contributed by atoms with van der Waals surface area (Å²) >= 11 is 0. The van der Waals surface area contributed by atoms with Gasteiger partial charge in [-0.1, -0.05) is 13.8 Å². The molecule has 2 aromatic heterocycles. The van der Waals surface area contributed by atoms with Gasteiger partial charge in [-0.25, -0.2) is 4.68 Å². The number of nitrogens with one attached hydrogen (secondary N) is 1. The predicted molar refractivity (Wildman–Crippen MR) is 70.2 cm³/mol. The lowest BCUT2D eigenvalue weighted by molar-refractivity contribution is 0.679. The van der Waals surface area contributed by atoms with Crippen LogP contribution < -0.4 is 5.73 Å². The molecule has 6 heteroatoms. The van der Waals surface area contributed by atoms with E-state index < -0.39 is 0 Å². The van der Waals surface area contributed by atoms with Crippen molar-refractivity contribution in [1.29, 1.82) is 5.41 Å². The quantitative estimate of drug-likeness (QED) is 0.632. The number of hydrogen-bond donors (Lipinski definition) is 2. The summed E-state index contributed by atoms with van der Waals surface area (Å²) in [5, 5.41) is 16.5. The Morgan fingerprint density at radius 3 is 2.56 bits per heavy atom. The molecule has 0 saturated heterocycles. The van der Waals surface area contributed by atoms with Gasteiger partial charge in [0.1, 0.15) is 5.84 Å². The second-order valence-electron chi connectivity index (χ2n) is 4.66. The first kappa shape index (κ1) is 12.3. The van der Waals surface area contributed by atoms with Gasteiger partial charge in [-0.05, 0) is 18.9 Å². The third-order valence-corrected chi connectivity index (χ3v) is 2.88. The van der Waals surface area contributed by atoms with Gasteiger partial charge in [-0.2, -0.15) is 10.2 Å². The Hall–Kier alpha value is -2.11. The molecule has 0 unspecified atom stereocenters. The van der Waals surface area contributed by atoms with E-state index in [2.05, 4.69) is 24.0 Å². The molecule has 96 valence electrons. The SMILES string of the molecule is Cc1nn(C)c(-n2ccc(C(C)C)n2)c1C(=N)N. The number of nitrogens with zero attached hydrogens (tertiary/aromatic N) is 4. The Morgan fingerprint density at radius 2 is 2.06 bits per heavy atom. The molecule has 0 fully saturated rings. The van der Waals surface area contributed by atoms with Crippen molar-refractivity contribution >= 4 is 5.84 Å². The highest BCUT2D eigenvalue weighted by Gasteiger charge is 2.18. The van der Waals surface area contributed by atoms with Crippen molar-refractivity contribution in [2.24, 2.45) is 12.8 Å². The van der Waals surface area contributed by atoms with Crippen molar-refractivity contribution < 1.29 is 0 Å². The summed E-state index contributed by atoms with van der Waals surface area (Å²) in [5.41, 5.74) is 8.00. The van der Waals surface area contributed by atoms with E-state index in [4.69, 9.17) is 11.1 Å². The summed E-state index contributed by atoms with van der Waals surface area (Å²) in [6, 6.07) is 1.97. The minimum absolute atomic E-state index is 0.0113. The van der Waals surface area contributed by atoms with E-state index in [-0.39, 0.29) is 5.84 Å². The molecular weight excluding hydrogens is 228 g/mol. The van der Waals surface area contributed by atoms with E-state index in [1.165, 1.54) is 0 Å². The molecule has 0 atom stereocenters. The third-order valence-electron chi connectivity index (χ3n) is 2.88. The first-order valence-electron chi connectivity index (χ1n) is 5.85. The van der Waals surface area contributed by atoms with E-state index in [9.17, 15) is 0 Å². The van der Waals surface area contributed by atoms with Crippen molar-refractivity contribution in [3.05, 3.63) is 29.2 Å². The Bertz CT molecular complexity index is 590. The van der Waals surface area contributed by atoms with Gasteiger partial charge in [0, 0.05) is 13.2 Å². The van der Waals surface area contributed by atoms with Gasteiger partial charge in [-0.15, -0.1) is 0 Å². The van der Waals surface area contributed by atoms with E-state index >= 15 is 0 Å². The average molecular weight is 246 g/mol. The topological polar surface area (TPSA) is 85.5 Å². The van der Waals surface area contributed by atoms with Gasteiger partial charge < -0.3 is 5.73 Å². The van der Waals surface area contributed by atoms with Gasteiger partial charge in [0.05, 0.1) is 17.0 Å². The lowest BCUT2D eigenvalue weighted by atomic mass is 10.1. The molecule has 6 nitrogen and oxygen atoms in total. The number of amidine groups is 1. The predicted octanol–water partition coefficient (Wildman–Crippen LogP) is 1.32. The lowest BCUT2D eigenvalue weighted by Gasteiger charge is -2.05. The number of hydrogen-bond acceptors (Lipinski definition) is 3. The van der Waals surface area contributed by atoms with E-state index in [0.717, 1.165) is 17.2 Å². The minimum Gasteiger partial charge on any atom is -0.384 e. The highest BCUT2D eigenvalue weighted by molar-refractivity contribution is 5.99. The second-order valence-corrected chi connectivity index (χ2v) is 4.66. The molecule has 0 aliphatic rings. The van der Waals surface area contributed by atoms with E-state index in [0.29, 0.717) is 11.5 Å². The summed E-state index contributed by atoms with van der Waals surface area (Å²) in [4.78, 5) is 0. The van der Waals surface area contributed by atoms with Crippen LogP contribution in [0.4, 0.5) is 0 Å². The second kappa shape index (κ2) is 4.29. The summed E-state index contributed by atoms with van der Waals surface area (Å²) in [6.45, 7) is 6.02. The van der Waals surface area contributed by atoms with Crippen LogP contribution in [0.5, 0.6) is 0 Å². The fourth-order valence-corrected chi connectivity index (χ4v) is 1.99. The van der Waals surface area contributed by atoms with Crippen LogP contribution >= 0.6 is 0 Å². The molecule has 3 N–H and O–H groups in total. The van der Waals surface area contributed by atoms with E-state index in [1.54, 1.807) is 9.36 Å². The first-order valence-corrected chi connectivity index (χ1v) is 5.85. The largest absolute Gasteiger partial charge is 0.384 e. The van der Waals surface area contributed by atoms with Gasteiger partial charge in [0.25, 0.3) is 0 Å². The van der Waals surface area contributed by atoms with Crippen molar-refractivity contribution in [1.82, 2.24) is 19.6 Å². The van der Waals surface area contributed by atoms with Crippen LogP contribution in [0.2, 0.25) is 0 Å². The highest BCUT2D eigenvalue weighted by atomic mass is 15.4. The molecule has 0 spiro atoms. The fraction of sp³-hybridized carbons (Fsp3) is 0.417. The average Bonchev–Trinajstić information content (AvgIpc) is 2.81. The molecule has 0 radical (unpaired) electrons. The zero-order valence-electron chi connectivity index (χ0n) is 11.1. The molecule has 18 heavy (non-hydrogen) atoms. The Balaban J connectivity index is 2.59. The van der Waals surface area contributed by atoms with Crippen LogP contribution in [0.1, 0.15) is 36.7 Å². The first-order chi connectivity index (χ1) is 8.41. The standard InChI is InChI=1S/C12H18N6/c1-7(2)9-5-6-18(16-9)12-10(11(13)14)8(3)15-17(12)4/h5-7H,1-4H3,(H3,13,14). The zero-order chi connectivity index (χ0) is 13.4. The van der Waals surface area contributed by atoms with Gasteiger partial charge in [0.2, 0.25) is 0 Å². The maximum absolute atomic E-state index is 7.65.